The van der Waals surface area contributed by atoms with Gasteiger partial charge in [0.15, 0.2) is 0 Å². The molecule has 0 fully saturated rings. The minimum Gasteiger partial charge on any atom is -0.398 e. The summed E-state index contributed by atoms with van der Waals surface area (Å²) in [6, 6.07) is 12.4. The predicted octanol–water partition coefficient (Wildman–Crippen LogP) is 2.94. The molecule has 0 aliphatic heterocycles. The van der Waals surface area contributed by atoms with Crippen LogP contribution in [0.1, 0.15) is 18.1 Å². The summed E-state index contributed by atoms with van der Waals surface area (Å²) < 4.78 is 27.4. The number of nitrogen functional groups attached to an aromatic ring is 1. The second kappa shape index (κ2) is 5.54. The fourth-order valence-corrected chi connectivity index (χ4v) is 3.48. The molecule has 2 aromatic rings. The van der Waals surface area contributed by atoms with Crippen LogP contribution < -0.4 is 10.5 Å². The van der Waals surface area contributed by atoms with Crippen LogP contribution in [-0.2, 0) is 16.4 Å². The van der Waals surface area contributed by atoms with Crippen molar-refractivity contribution in [1.82, 2.24) is 0 Å². The summed E-state index contributed by atoms with van der Waals surface area (Å²) in [5.41, 5.74) is 8.36. The van der Waals surface area contributed by atoms with E-state index in [0.29, 0.717) is 11.3 Å². The van der Waals surface area contributed by atoms with E-state index in [1.54, 1.807) is 37.3 Å². The van der Waals surface area contributed by atoms with E-state index >= 15 is 0 Å². The quantitative estimate of drug-likeness (QED) is 0.850. The molecule has 3 N–H and O–H groups in total. The number of hydrogen-bond donors (Lipinski definition) is 2. The van der Waals surface area contributed by atoms with Gasteiger partial charge in [0.2, 0.25) is 0 Å². The van der Waals surface area contributed by atoms with Gasteiger partial charge >= 0.3 is 0 Å². The van der Waals surface area contributed by atoms with Gasteiger partial charge in [0.1, 0.15) is 4.90 Å². The summed E-state index contributed by atoms with van der Waals surface area (Å²) in [7, 11) is -3.67. The highest BCUT2D eigenvalue weighted by Crippen LogP contribution is 2.25. The summed E-state index contributed by atoms with van der Waals surface area (Å²) in [6.45, 7) is 3.78. The van der Waals surface area contributed by atoms with Crippen LogP contribution in [0.5, 0.6) is 0 Å². The molecule has 0 saturated carbocycles. The van der Waals surface area contributed by atoms with Crippen LogP contribution in [0.4, 0.5) is 11.4 Å². The van der Waals surface area contributed by atoms with E-state index in [9.17, 15) is 8.42 Å². The van der Waals surface area contributed by atoms with Crippen LogP contribution in [0.25, 0.3) is 0 Å². The number of anilines is 2. The first-order valence-electron chi connectivity index (χ1n) is 6.41. The Labute approximate surface area is 119 Å². The molecule has 0 heterocycles. The van der Waals surface area contributed by atoms with Crippen molar-refractivity contribution >= 4 is 21.4 Å². The Balaban J connectivity index is 2.35. The summed E-state index contributed by atoms with van der Waals surface area (Å²) in [4.78, 5) is 0.138. The Hall–Kier alpha value is -2.01. The molecule has 0 aliphatic carbocycles. The second-order valence-electron chi connectivity index (χ2n) is 4.65. The van der Waals surface area contributed by atoms with Gasteiger partial charge in [-0.05, 0) is 42.7 Å². The molecule has 0 saturated heterocycles. The zero-order valence-electron chi connectivity index (χ0n) is 11.6. The van der Waals surface area contributed by atoms with Crippen molar-refractivity contribution < 1.29 is 8.42 Å². The van der Waals surface area contributed by atoms with Gasteiger partial charge in [-0.1, -0.05) is 31.2 Å². The van der Waals surface area contributed by atoms with E-state index in [0.717, 1.165) is 12.0 Å². The molecule has 0 unspecified atom stereocenters. The molecule has 20 heavy (non-hydrogen) atoms. The highest BCUT2D eigenvalue weighted by Gasteiger charge is 2.19. The van der Waals surface area contributed by atoms with Crippen molar-refractivity contribution in [3.05, 3.63) is 53.6 Å². The van der Waals surface area contributed by atoms with Gasteiger partial charge in [-0.2, -0.15) is 0 Å². The molecule has 2 rings (SSSR count). The third kappa shape index (κ3) is 2.93. The van der Waals surface area contributed by atoms with E-state index in [4.69, 9.17) is 5.73 Å². The molecule has 0 bridgehead atoms. The third-order valence-electron chi connectivity index (χ3n) is 3.13. The smallest absolute Gasteiger partial charge is 0.264 e. The first-order valence-corrected chi connectivity index (χ1v) is 7.89. The molecule has 0 aromatic heterocycles. The average molecular weight is 290 g/mol. The van der Waals surface area contributed by atoms with E-state index in [2.05, 4.69) is 4.72 Å². The molecule has 0 atom stereocenters. The highest BCUT2D eigenvalue weighted by atomic mass is 32.2. The molecule has 0 radical (unpaired) electrons. The van der Waals surface area contributed by atoms with Crippen LogP contribution in [0.15, 0.2) is 47.4 Å². The van der Waals surface area contributed by atoms with Crippen molar-refractivity contribution in [2.45, 2.75) is 25.2 Å². The molecule has 4 nitrogen and oxygen atoms in total. The summed E-state index contributed by atoms with van der Waals surface area (Å²) in [6.07, 6.45) is 0.914. The van der Waals surface area contributed by atoms with Gasteiger partial charge in [-0.15, -0.1) is 0 Å². The van der Waals surface area contributed by atoms with Gasteiger partial charge in [-0.3, -0.25) is 4.72 Å². The van der Waals surface area contributed by atoms with Crippen LogP contribution in [-0.4, -0.2) is 8.42 Å². The third-order valence-corrected chi connectivity index (χ3v) is 4.73. The Morgan fingerprint density at radius 3 is 2.30 bits per heavy atom. The average Bonchev–Trinajstić information content (AvgIpc) is 2.38. The lowest BCUT2D eigenvalue weighted by Gasteiger charge is -2.12. The number of sulfonamides is 1. The van der Waals surface area contributed by atoms with Crippen molar-refractivity contribution in [2.24, 2.45) is 0 Å². The predicted molar refractivity (Wildman–Crippen MR) is 82.2 cm³/mol. The fourth-order valence-electron chi connectivity index (χ4n) is 2.06. The van der Waals surface area contributed by atoms with E-state index in [1.807, 2.05) is 19.1 Å². The molecular formula is C15H18N2O2S. The maximum atomic E-state index is 12.4. The lowest BCUT2D eigenvalue weighted by atomic mass is 10.2. The minimum absolute atomic E-state index is 0.138. The molecule has 0 spiro atoms. The number of nitrogens with one attached hydrogen (secondary N) is 1. The second-order valence-corrected chi connectivity index (χ2v) is 6.27. The number of hydrogen-bond acceptors (Lipinski definition) is 3. The van der Waals surface area contributed by atoms with Crippen molar-refractivity contribution in [3.8, 4) is 0 Å². The molecule has 0 aliphatic rings. The zero-order chi connectivity index (χ0) is 14.8. The van der Waals surface area contributed by atoms with Crippen LogP contribution >= 0.6 is 0 Å². The lowest BCUT2D eigenvalue weighted by Crippen LogP contribution is -2.16. The van der Waals surface area contributed by atoms with E-state index < -0.39 is 10.0 Å². The molecule has 5 heteroatoms. The molecule has 0 amide bonds. The largest absolute Gasteiger partial charge is 0.398 e. The van der Waals surface area contributed by atoms with Crippen molar-refractivity contribution in [2.75, 3.05) is 10.5 Å². The van der Waals surface area contributed by atoms with Crippen molar-refractivity contribution in [3.63, 3.8) is 0 Å². The number of nitrogens with two attached hydrogens (primary N) is 1. The topological polar surface area (TPSA) is 72.2 Å². The summed E-state index contributed by atoms with van der Waals surface area (Å²) in [5, 5.41) is 0. The number of benzene rings is 2. The van der Waals surface area contributed by atoms with E-state index in [1.165, 1.54) is 0 Å². The highest BCUT2D eigenvalue weighted by molar-refractivity contribution is 7.93. The normalized spacial score (nSPS) is 11.3. The maximum absolute atomic E-state index is 12.4. The molecule has 2 aromatic carbocycles. The Kier molecular flexibility index (Phi) is 3.99. The maximum Gasteiger partial charge on any atom is 0.264 e. The zero-order valence-corrected chi connectivity index (χ0v) is 12.4. The first-order chi connectivity index (χ1) is 9.44. The molecule has 106 valence electrons. The Morgan fingerprint density at radius 1 is 1.10 bits per heavy atom. The summed E-state index contributed by atoms with van der Waals surface area (Å²) >= 11 is 0. The van der Waals surface area contributed by atoms with Gasteiger partial charge in [0.25, 0.3) is 10.0 Å². The van der Waals surface area contributed by atoms with Crippen LogP contribution in [0.3, 0.4) is 0 Å². The summed E-state index contributed by atoms with van der Waals surface area (Å²) in [5.74, 6) is 0. The van der Waals surface area contributed by atoms with Gasteiger partial charge in [0, 0.05) is 5.69 Å². The van der Waals surface area contributed by atoms with Gasteiger partial charge in [-0.25, -0.2) is 8.42 Å². The molecular weight excluding hydrogens is 272 g/mol. The standard InChI is InChI=1S/C15H18N2O2S/c1-3-12-7-9-13(10-8-12)17-20(18,19)15-11(2)5-4-6-14(15)16/h4-10,17H,3,16H2,1-2H3. The fraction of sp³-hybridized carbons (Fsp3) is 0.200. The van der Waals surface area contributed by atoms with Gasteiger partial charge in [0.05, 0.1) is 5.69 Å². The van der Waals surface area contributed by atoms with E-state index in [-0.39, 0.29) is 10.6 Å². The van der Waals surface area contributed by atoms with Crippen LogP contribution in [0, 0.1) is 6.92 Å². The Morgan fingerprint density at radius 2 is 1.75 bits per heavy atom. The number of aryl methyl sites for hydroxylation is 2. The van der Waals surface area contributed by atoms with Crippen molar-refractivity contribution in [1.29, 1.82) is 0 Å². The lowest BCUT2D eigenvalue weighted by molar-refractivity contribution is 0.601. The van der Waals surface area contributed by atoms with Gasteiger partial charge < -0.3 is 5.73 Å². The minimum atomic E-state index is -3.67. The first kappa shape index (κ1) is 14.4. The SMILES string of the molecule is CCc1ccc(NS(=O)(=O)c2c(C)cccc2N)cc1. The number of rotatable bonds is 4. The monoisotopic (exact) mass is 290 g/mol. The Bertz CT molecular complexity index is 687. The van der Waals surface area contributed by atoms with Crippen LogP contribution in [0.2, 0.25) is 0 Å².